The van der Waals surface area contributed by atoms with Crippen LogP contribution in [0, 0.1) is 6.92 Å². The molecule has 9 nitrogen and oxygen atoms in total. The molecular weight excluding hydrogens is 448 g/mol. The van der Waals surface area contributed by atoms with E-state index in [2.05, 4.69) is 10.3 Å². The van der Waals surface area contributed by atoms with Crippen LogP contribution in [-0.4, -0.2) is 52.6 Å². The van der Waals surface area contributed by atoms with Crippen molar-refractivity contribution >= 4 is 17.5 Å². The van der Waals surface area contributed by atoms with Crippen LogP contribution in [0.15, 0.2) is 53.5 Å². The Morgan fingerprint density at radius 3 is 2.51 bits per heavy atom. The second-order valence-electron chi connectivity index (χ2n) is 8.37. The SMILES string of the molecule is CCOc1cc(C(=O)Nc2ccccc2-n2c(C)c[nH]c2=O)ccc1OCC(=O)N1CCCCC1. The highest BCUT2D eigenvalue weighted by atomic mass is 16.5. The number of nitrogens with one attached hydrogen (secondary N) is 2. The zero-order valence-corrected chi connectivity index (χ0v) is 20.0. The van der Waals surface area contributed by atoms with Gasteiger partial charge in [0.25, 0.3) is 11.8 Å². The summed E-state index contributed by atoms with van der Waals surface area (Å²) in [5.41, 5.74) is 1.84. The van der Waals surface area contributed by atoms with Crippen LogP contribution in [0.4, 0.5) is 5.69 Å². The number of para-hydroxylation sites is 2. The predicted molar refractivity (Wildman–Crippen MR) is 133 cm³/mol. The van der Waals surface area contributed by atoms with Gasteiger partial charge in [0.05, 0.1) is 18.0 Å². The molecule has 35 heavy (non-hydrogen) atoms. The minimum atomic E-state index is -0.365. The lowest BCUT2D eigenvalue weighted by Gasteiger charge is -2.26. The van der Waals surface area contributed by atoms with Crippen molar-refractivity contribution in [3.63, 3.8) is 0 Å². The van der Waals surface area contributed by atoms with Crippen LogP contribution in [0.25, 0.3) is 5.69 Å². The van der Waals surface area contributed by atoms with E-state index in [4.69, 9.17) is 9.47 Å². The molecule has 1 fully saturated rings. The average molecular weight is 479 g/mol. The topological polar surface area (TPSA) is 106 Å². The van der Waals surface area contributed by atoms with Gasteiger partial charge in [0.2, 0.25) is 0 Å². The van der Waals surface area contributed by atoms with Gasteiger partial charge in [-0.05, 0) is 63.4 Å². The fourth-order valence-electron chi connectivity index (χ4n) is 4.13. The molecule has 2 heterocycles. The van der Waals surface area contributed by atoms with Crippen LogP contribution in [0.1, 0.15) is 42.2 Å². The monoisotopic (exact) mass is 478 g/mol. The number of anilines is 1. The maximum atomic E-state index is 13.1. The second-order valence-corrected chi connectivity index (χ2v) is 8.37. The van der Waals surface area contributed by atoms with E-state index in [1.807, 2.05) is 11.8 Å². The van der Waals surface area contributed by atoms with Crippen LogP contribution in [-0.2, 0) is 4.79 Å². The molecule has 1 saturated heterocycles. The highest BCUT2D eigenvalue weighted by Crippen LogP contribution is 2.29. The number of aryl methyl sites for hydroxylation is 1. The number of aromatic nitrogens is 2. The molecular formula is C26H30N4O5. The normalized spacial score (nSPS) is 13.4. The summed E-state index contributed by atoms with van der Waals surface area (Å²) in [6, 6.07) is 11.9. The lowest BCUT2D eigenvalue weighted by Crippen LogP contribution is -2.38. The number of imidazole rings is 1. The Hall–Kier alpha value is -4.01. The van der Waals surface area contributed by atoms with Gasteiger partial charge in [-0.3, -0.25) is 14.2 Å². The number of H-pyrrole nitrogens is 1. The van der Waals surface area contributed by atoms with Gasteiger partial charge in [-0.25, -0.2) is 4.79 Å². The number of hydrogen-bond donors (Lipinski definition) is 2. The van der Waals surface area contributed by atoms with Crippen molar-refractivity contribution in [2.45, 2.75) is 33.1 Å². The molecule has 4 rings (SSSR count). The third-order valence-electron chi connectivity index (χ3n) is 5.92. The van der Waals surface area contributed by atoms with Gasteiger partial charge in [-0.15, -0.1) is 0 Å². The van der Waals surface area contributed by atoms with E-state index in [-0.39, 0.29) is 24.1 Å². The first kappa shape index (κ1) is 24.1. The molecule has 1 aliphatic heterocycles. The number of aromatic amines is 1. The van der Waals surface area contributed by atoms with Crippen molar-refractivity contribution in [2.24, 2.45) is 0 Å². The number of rotatable bonds is 8. The molecule has 3 aromatic rings. The number of amides is 2. The fourth-order valence-corrected chi connectivity index (χ4v) is 4.13. The Morgan fingerprint density at radius 2 is 1.80 bits per heavy atom. The quantitative estimate of drug-likeness (QED) is 0.515. The second kappa shape index (κ2) is 10.9. The molecule has 0 aliphatic carbocycles. The molecule has 0 atom stereocenters. The molecule has 1 aliphatic rings. The fraction of sp³-hybridized carbons (Fsp3) is 0.346. The van der Waals surface area contributed by atoms with Gasteiger partial charge in [0, 0.05) is 30.5 Å². The van der Waals surface area contributed by atoms with Crippen molar-refractivity contribution in [1.29, 1.82) is 0 Å². The summed E-state index contributed by atoms with van der Waals surface area (Å²) in [6.45, 7) is 5.46. The molecule has 9 heteroatoms. The Balaban J connectivity index is 1.51. The molecule has 0 unspecified atom stereocenters. The molecule has 0 bridgehead atoms. The van der Waals surface area contributed by atoms with Crippen molar-refractivity contribution in [3.05, 3.63) is 70.4 Å². The summed E-state index contributed by atoms with van der Waals surface area (Å²) >= 11 is 0. The number of carbonyl (C=O) groups excluding carboxylic acids is 2. The summed E-state index contributed by atoms with van der Waals surface area (Å²) in [4.78, 5) is 42.3. The molecule has 1 aromatic heterocycles. The smallest absolute Gasteiger partial charge is 0.330 e. The lowest BCUT2D eigenvalue weighted by molar-refractivity contribution is -0.134. The number of nitrogens with zero attached hydrogens (tertiary/aromatic N) is 2. The van der Waals surface area contributed by atoms with E-state index in [9.17, 15) is 14.4 Å². The third kappa shape index (κ3) is 5.56. The van der Waals surface area contributed by atoms with Gasteiger partial charge in [-0.1, -0.05) is 12.1 Å². The number of hydrogen-bond acceptors (Lipinski definition) is 5. The van der Waals surface area contributed by atoms with Crippen LogP contribution in [0.2, 0.25) is 0 Å². The van der Waals surface area contributed by atoms with Crippen LogP contribution in [0.5, 0.6) is 11.5 Å². The molecule has 0 radical (unpaired) electrons. The third-order valence-corrected chi connectivity index (χ3v) is 5.92. The summed E-state index contributed by atoms with van der Waals surface area (Å²) in [6.07, 6.45) is 4.79. The van der Waals surface area contributed by atoms with Crippen LogP contribution >= 0.6 is 0 Å². The number of benzene rings is 2. The van der Waals surface area contributed by atoms with E-state index >= 15 is 0 Å². The molecule has 2 aromatic carbocycles. The van der Waals surface area contributed by atoms with Gasteiger partial charge in [0.1, 0.15) is 0 Å². The zero-order valence-electron chi connectivity index (χ0n) is 20.0. The van der Waals surface area contributed by atoms with E-state index in [1.165, 1.54) is 4.57 Å². The maximum Gasteiger partial charge on any atom is 0.330 e. The minimum absolute atomic E-state index is 0.0548. The van der Waals surface area contributed by atoms with E-state index in [0.717, 1.165) is 38.0 Å². The van der Waals surface area contributed by atoms with E-state index < -0.39 is 0 Å². The van der Waals surface area contributed by atoms with Crippen molar-refractivity contribution in [1.82, 2.24) is 14.5 Å². The van der Waals surface area contributed by atoms with E-state index in [0.29, 0.717) is 35.0 Å². The molecule has 0 saturated carbocycles. The average Bonchev–Trinajstić information content (AvgIpc) is 3.21. The van der Waals surface area contributed by atoms with Crippen LogP contribution in [0.3, 0.4) is 0 Å². The Bertz CT molecular complexity index is 1260. The molecule has 2 N–H and O–H groups in total. The van der Waals surface area contributed by atoms with Gasteiger partial charge < -0.3 is 24.7 Å². The molecule has 2 amide bonds. The predicted octanol–water partition coefficient (Wildman–Crippen LogP) is 3.52. The molecule has 0 spiro atoms. The highest BCUT2D eigenvalue weighted by Gasteiger charge is 2.19. The summed E-state index contributed by atoms with van der Waals surface area (Å²) in [5.74, 6) is 0.373. The van der Waals surface area contributed by atoms with E-state index in [1.54, 1.807) is 55.6 Å². The Morgan fingerprint density at radius 1 is 1.03 bits per heavy atom. The Kier molecular flexibility index (Phi) is 7.54. The van der Waals surface area contributed by atoms with Crippen molar-refractivity contribution in [3.8, 4) is 17.2 Å². The van der Waals surface area contributed by atoms with Crippen molar-refractivity contribution in [2.75, 3.05) is 31.6 Å². The van der Waals surface area contributed by atoms with Gasteiger partial charge in [0.15, 0.2) is 18.1 Å². The number of carbonyl (C=O) groups is 2. The summed E-state index contributed by atoms with van der Waals surface area (Å²) < 4.78 is 13.0. The first-order valence-corrected chi connectivity index (χ1v) is 11.8. The standard InChI is InChI=1S/C26H30N4O5/c1-3-34-23-15-19(11-12-22(23)35-17-24(31)29-13-7-4-8-14-29)25(32)28-20-9-5-6-10-21(20)30-18(2)16-27-26(30)33/h5-6,9-12,15-16H,3-4,7-8,13-14,17H2,1-2H3,(H,27,33)(H,28,32). The maximum absolute atomic E-state index is 13.1. The number of piperidine rings is 1. The molecule has 184 valence electrons. The lowest BCUT2D eigenvalue weighted by atomic mass is 10.1. The minimum Gasteiger partial charge on any atom is -0.490 e. The number of likely N-dealkylation sites (tertiary alicyclic amines) is 1. The first-order chi connectivity index (χ1) is 17.0. The highest BCUT2D eigenvalue weighted by molar-refractivity contribution is 6.05. The summed E-state index contributed by atoms with van der Waals surface area (Å²) in [7, 11) is 0. The van der Waals surface area contributed by atoms with Crippen LogP contribution < -0.4 is 20.5 Å². The summed E-state index contributed by atoms with van der Waals surface area (Å²) in [5, 5.41) is 2.88. The van der Waals surface area contributed by atoms with Gasteiger partial charge >= 0.3 is 5.69 Å². The number of ether oxygens (including phenoxy) is 2. The van der Waals surface area contributed by atoms with Crippen molar-refractivity contribution < 1.29 is 19.1 Å². The Labute approximate surface area is 203 Å². The van der Waals surface area contributed by atoms with Gasteiger partial charge in [-0.2, -0.15) is 0 Å². The zero-order chi connectivity index (χ0) is 24.8. The largest absolute Gasteiger partial charge is 0.490 e. The first-order valence-electron chi connectivity index (χ1n) is 11.8.